The third-order valence-corrected chi connectivity index (χ3v) is 6.47. The van der Waals surface area contributed by atoms with Crippen molar-refractivity contribution in [3.63, 3.8) is 0 Å². The van der Waals surface area contributed by atoms with Gasteiger partial charge in [-0.15, -0.1) is 0 Å². The number of anilines is 2. The molecule has 4 rings (SSSR count). The molecule has 2 saturated heterocycles. The van der Waals surface area contributed by atoms with E-state index in [9.17, 15) is 13.2 Å². The summed E-state index contributed by atoms with van der Waals surface area (Å²) in [6, 6.07) is 5.94. The molecule has 6 nitrogen and oxygen atoms in total. The van der Waals surface area contributed by atoms with E-state index >= 15 is 0 Å². The Balaban J connectivity index is 1.35. The van der Waals surface area contributed by atoms with Crippen LogP contribution in [0.25, 0.3) is 0 Å². The molecule has 2 aliphatic rings. The average Bonchev–Trinajstić information content (AvgIpc) is 3.06. The molecule has 0 bridgehead atoms. The second kappa shape index (κ2) is 8.85. The van der Waals surface area contributed by atoms with Crippen molar-refractivity contribution in [3.8, 4) is 0 Å². The van der Waals surface area contributed by atoms with Gasteiger partial charge < -0.3 is 15.5 Å². The van der Waals surface area contributed by atoms with Gasteiger partial charge in [0.05, 0.1) is 5.56 Å². The van der Waals surface area contributed by atoms with Crippen molar-refractivity contribution < 1.29 is 13.2 Å². The number of piperazine rings is 1. The first kappa shape index (κ1) is 22.2. The Labute approximate surface area is 188 Å². The normalized spacial score (nSPS) is 20.5. The van der Waals surface area contributed by atoms with Gasteiger partial charge >= 0.3 is 6.18 Å². The highest BCUT2D eigenvalue weighted by Crippen LogP contribution is 2.34. The number of nitrogens with two attached hydrogens (primary N) is 1. The summed E-state index contributed by atoms with van der Waals surface area (Å²) in [4.78, 5) is 13.5. The zero-order valence-corrected chi connectivity index (χ0v) is 18.2. The molecule has 1 unspecified atom stereocenters. The molecule has 2 aromatic heterocycles. The van der Waals surface area contributed by atoms with Crippen LogP contribution in [0, 0.1) is 0 Å². The van der Waals surface area contributed by atoms with Crippen LogP contribution < -0.4 is 15.5 Å². The Morgan fingerprint density at radius 1 is 1.13 bits per heavy atom. The summed E-state index contributed by atoms with van der Waals surface area (Å²) in [5, 5.41) is -0.158. The number of hydrogen-bond acceptors (Lipinski definition) is 7. The Morgan fingerprint density at radius 3 is 2.45 bits per heavy atom. The molecule has 0 amide bonds. The number of pyridine rings is 2. The van der Waals surface area contributed by atoms with Crippen molar-refractivity contribution in [2.75, 3.05) is 42.5 Å². The van der Waals surface area contributed by atoms with Gasteiger partial charge in [-0.05, 0) is 36.2 Å². The molecule has 11 heteroatoms. The van der Waals surface area contributed by atoms with Gasteiger partial charge in [0.15, 0.2) is 0 Å². The molecule has 2 N–H and O–H groups in total. The van der Waals surface area contributed by atoms with Crippen LogP contribution in [0.15, 0.2) is 47.6 Å². The highest BCUT2D eigenvalue weighted by molar-refractivity contribution is 7.97. The molecule has 0 saturated carbocycles. The fraction of sp³-hybridized carbons (Fsp3) is 0.400. The summed E-state index contributed by atoms with van der Waals surface area (Å²) in [6.07, 6.45) is -1.86. The maximum Gasteiger partial charge on any atom is 0.416 e. The van der Waals surface area contributed by atoms with Gasteiger partial charge in [-0.1, -0.05) is 18.2 Å². The molecule has 1 atom stereocenters. The Morgan fingerprint density at radius 2 is 1.87 bits per heavy atom. The summed E-state index contributed by atoms with van der Waals surface area (Å²) in [5.41, 5.74) is 6.17. The number of alkyl halides is 3. The van der Waals surface area contributed by atoms with Crippen LogP contribution in [0.2, 0.25) is 5.15 Å². The van der Waals surface area contributed by atoms with E-state index in [-0.39, 0.29) is 17.0 Å². The third-order valence-electron chi connectivity index (χ3n) is 5.20. The topological polar surface area (TPSA) is 61.5 Å². The van der Waals surface area contributed by atoms with Gasteiger partial charge in [0.2, 0.25) is 0 Å². The second-order valence-corrected chi connectivity index (χ2v) is 9.09. The van der Waals surface area contributed by atoms with Crippen LogP contribution in [-0.4, -0.2) is 53.0 Å². The SMILES string of the molecule is C=C1CC(N)CN1c1ccc(SN2CCN(c3cc(C(F)(F)F)cc(Cl)n3)CC2)cn1. The van der Waals surface area contributed by atoms with Gasteiger partial charge in [0, 0.05) is 62.0 Å². The molecule has 0 spiro atoms. The van der Waals surface area contributed by atoms with Crippen LogP contribution in [0.5, 0.6) is 0 Å². The van der Waals surface area contributed by atoms with Crippen LogP contribution in [-0.2, 0) is 6.18 Å². The standard InChI is InChI=1S/C20H22ClF3N6S/c1-13-8-15(25)12-30(13)18-3-2-16(11-26-18)31-29-6-4-28(5-7-29)19-10-14(20(22,23)24)9-17(21)27-19/h2-3,9-11,15H,1,4-8,12,25H2. The van der Waals surface area contributed by atoms with Crippen LogP contribution in [0.3, 0.4) is 0 Å². The van der Waals surface area contributed by atoms with Crippen molar-refractivity contribution in [3.05, 3.63) is 53.5 Å². The molecule has 31 heavy (non-hydrogen) atoms. The summed E-state index contributed by atoms with van der Waals surface area (Å²) in [7, 11) is 0. The first-order chi connectivity index (χ1) is 14.7. The molecule has 0 aliphatic carbocycles. The van der Waals surface area contributed by atoms with E-state index in [1.807, 2.05) is 28.1 Å². The highest BCUT2D eigenvalue weighted by Gasteiger charge is 2.32. The van der Waals surface area contributed by atoms with E-state index in [4.69, 9.17) is 17.3 Å². The predicted molar refractivity (Wildman–Crippen MR) is 117 cm³/mol. The molecule has 2 aromatic rings. The van der Waals surface area contributed by atoms with E-state index in [2.05, 4.69) is 20.9 Å². The summed E-state index contributed by atoms with van der Waals surface area (Å²) in [5.74, 6) is 1.08. The number of rotatable bonds is 4. The number of halogens is 4. The first-order valence-corrected chi connectivity index (χ1v) is 10.9. The molecule has 166 valence electrons. The second-order valence-electron chi connectivity index (χ2n) is 7.53. The lowest BCUT2D eigenvalue weighted by atomic mass is 10.2. The average molecular weight is 471 g/mol. The Hall–Kier alpha value is -2.01. The van der Waals surface area contributed by atoms with Crippen molar-refractivity contribution in [1.29, 1.82) is 0 Å². The van der Waals surface area contributed by atoms with Gasteiger partial charge in [0.1, 0.15) is 16.8 Å². The lowest BCUT2D eigenvalue weighted by molar-refractivity contribution is -0.137. The number of hydrogen-bond donors (Lipinski definition) is 1. The van der Waals surface area contributed by atoms with Gasteiger partial charge in [0.25, 0.3) is 0 Å². The van der Waals surface area contributed by atoms with E-state index in [0.717, 1.165) is 35.0 Å². The van der Waals surface area contributed by atoms with Crippen LogP contribution >= 0.6 is 23.5 Å². The van der Waals surface area contributed by atoms with Crippen molar-refractivity contribution >= 4 is 35.2 Å². The van der Waals surface area contributed by atoms with Gasteiger partial charge in [-0.3, -0.25) is 0 Å². The predicted octanol–water partition coefficient (Wildman–Crippen LogP) is 4.03. The molecule has 4 heterocycles. The summed E-state index contributed by atoms with van der Waals surface area (Å²) < 4.78 is 41.3. The number of aromatic nitrogens is 2. The smallest absolute Gasteiger partial charge is 0.354 e. The monoisotopic (exact) mass is 470 g/mol. The highest BCUT2D eigenvalue weighted by atomic mass is 35.5. The van der Waals surface area contributed by atoms with E-state index in [0.29, 0.717) is 32.7 Å². The molecule has 0 aromatic carbocycles. The van der Waals surface area contributed by atoms with Gasteiger partial charge in [-0.25, -0.2) is 14.3 Å². The fourth-order valence-electron chi connectivity index (χ4n) is 3.65. The van der Waals surface area contributed by atoms with E-state index in [1.54, 1.807) is 11.9 Å². The quantitative estimate of drug-likeness (QED) is 0.534. The maximum absolute atomic E-state index is 13.1. The minimum Gasteiger partial charge on any atom is -0.354 e. The Bertz CT molecular complexity index is 947. The molecule has 2 fully saturated rings. The minimum atomic E-state index is -4.45. The number of nitrogens with zero attached hydrogens (tertiary/aromatic N) is 5. The minimum absolute atomic E-state index is 0.0841. The molecule has 2 aliphatic heterocycles. The molecular formula is C20H22ClF3N6S. The van der Waals surface area contributed by atoms with E-state index in [1.165, 1.54) is 0 Å². The maximum atomic E-state index is 13.1. The Kier molecular flexibility index (Phi) is 6.34. The van der Waals surface area contributed by atoms with Crippen molar-refractivity contribution in [2.24, 2.45) is 5.73 Å². The lowest BCUT2D eigenvalue weighted by Gasteiger charge is -2.34. The molecule has 0 radical (unpaired) electrons. The zero-order valence-electron chi connectivity index (χ0n) is 16.6. The zero-order chi connectivity index (χ0) is 22.2. The van der Waals surface area contributed by atoms with Crippen LogP contribution in [0.4, 0.5) is 24.8 Å². The fourth-order valence-corrected chi connectivity index (χ4v) is 4.73. The lowest BCUT2D eigenvalue weighted by Crippen LogP contribution is -2.43. The summed E-state index contributed by atoms with van der Waals surface area (Å²) >= 11 is 7.39. The van der Waals surface area contributed by atoms with Crippen molar-refractivity contribution in [1.82, 2.24) is 14.3 Å². The summed E-state index contributed by atoms with van der Waals surface area (Å²) in [6.45, 7) is 7.20. The van der Waals surface area contributed by atoms with Gasteiger partial charge in [-0.2, -0.15) is 13.2 Å². The van der Waals surface area contributed by atoms with Crippen molar-refractivity contribution in [2.45, 2.75) is 23.5 Å². The first-order valence-electron chi connectivity index (χ1n) is 9.78. The van der Waals surface area contributed by atoms with Crippen LogP contribution in [0.1, 0.15) is 12.0 Å². The largest absolute Gasteiger partial charge is 0.416 e. The third kappa shape index (κ3) is 5.25. The van der Waals surface area contributed by atoms with E-state index < -0.39 is 11.7 Å². The molecular weight excluding hydrogens is 449 g/mol.